The summed E-state index contributed by atoms with van der Waals surface area (Å²) in [6.45, 7) is 3.88. The largest absolute Gasteiger partial charge is 0.253 e. The summed E-state index contributed by atoms with van der Waals surface area (Å²) in [7, 11) is 0. The van der Waals surface area contributed by atoms with Crippen LogP contribution in [-0.4, -0.2) is 19.6 Å². The monoisotopic (exact) mass is 288 g/mol. The Balaban J connectivity index is 1.85. The lowest BCUT2D eigenvalue weighted by Crippen LogP contribution is -1.97. The van der Waals surface area contributed by atoms with Gasteiger partial charge in [-0.2, -0.15) is 4.98 Å². The Morgan fingerprint density at radius 2 is 2.00 bits per heavy atom. The van der Waals surface area contributed by atoms with Crippen molar-refractivity contribution in [3.8, 4) is 0 Å². The third-order valence-corrected chi connectivity index (χ3v) is 3.80. The highest BCUT2D eigenvalue weighted by molar-refractivity contribution is 7.98. The highest BCUT2D eigenvalue weighted by Crippen LogP contribution is 2.21. The number of hydrogen-bond acceptors (Lipinski definition) is 4. The summed E-state index contributed by atoms with van der Waals surface area (Å²) in [6.07, 6.45) is 0. The van der Waals surface area contributed by atoms with Crippen LogP contribution in [-0.2, 0) is 5.75 Å². The van der Waals surface area contributed by atoms with Crippen LogP contribution in [0.2, 0.25) is 0 Å². The van der Waals surface area contributed by atoms with Gasteiger partial charge in [0.1, 0.15) is 5.82 Å². The average molecular weight is 288 g/mol. The van der Waals surface area contributed by atoms with E-state index in [2.05, 4.69) is 15.1 Å². The van der Waals surface area contributed by atoms with E-state index in [1.54, 1.807) is 16.6 Å². The minimum absolute atomic E-state index is 0.200. The summed E-state index contributed by atoms with van der Waals surface area (Å²) in [5.41, 5.74) is 2.54. The number of benzene rings is 1. The summed E-state index contributed by atoms with van der Waals surface area (Å²) in [5.74, 6) is 0.883. The maximum absolute atomic E-state index is 13.5. The molecule has 6 heteroatoms. The van der Waals surface area contributed by atoms with E-state index in [1.807, 2.05) is 26.0 Å². The van der Waals surface area contributed by atoms with Gasteiger partial charge in [0, 0.05) is 17.1 Å². The van der Waals surface area contributed by atoms with Crippen molar-refractivity contribution in [1.82, 2.24) is 19.6 Å². The maximum Gasteiger partial charge on any atom is 0.253 e. The highest BCUT2D eigenvalue weighted by Gasteiger charge is 2.09. The quantitative estimate of drug-likeness (QED) is 0.694. The van der Waals surface area contributed by atoms with Crippen molar-refractivity contribution in [2.45, 2.75) is 24.8 Å². The molecule has 0 unspecified atom stereocenters. The molecule has 1 aromatic carbocycles. The van der Waals surface area contributed by atoms with Crippen LogP contribution in [0.5, 0.6) is 0 Å². The van der Waals surface area contributed by atoms with Crippen LogP contribution in [0.4, 0.5) is 4.39 Å². The van der Waals surface area contributed by atoms with E-state index in [4.69, 9.17) is 0 Å². The van der Waals surface area contributed by atoms with E-state index < -0.39 is 0 Å². The van der Waals surface area contributed by atoms with Crippen LogP contribution in [0.3, 0.4) is 0 Å². The van der Waals surface area contributed by atoms with Gasteiger partial charge < -0.3 is 0 Å². The predicted octanol–water partition coefficient (Wildman–Crippen LogP) is 3.17. The van der Waals surface area contributed by atoms with Crippen LogP contribution in [0.1, 0.15) is 17.0 Å². The van der Waals surface area contributed by atoms with E-state index in [0.717, 1.165) is 11.4 Å². The molecule has 0 aliphatic heterocycles. The smallest absolute Gasteiger partial charge is 0.216 e. The molecule has 0 N–H and O–H groups in total. The van der Waals surface area contributed by atoms with Gasteiger partial charge in [-0.05, 0) is 31.5 Å². The van der Waals surface area contributed by atoms with Crippen LogP contribution >= 0.6 is 11.8 Å². The minimum Gasteiger partial charge on any atom is -0.216 e. The Kier molecular flexibility index (Phi) is 3.40. The van der Waals surface area contributed by atoms with Crippen molar-refractivity contribution in [3.63, 3.8) is 0 Å². The minimum atomic E-state index is -0.200. The zero-order valence-corrected chi connectivity index (χ0v) is 12.0. The van der Waals surface area contributed by atoms with Gasteiger partial charge in [-0.3, -0.25) is 0 Å². The topological polar surface area (TPSA) is 43.1 Å². The van der Waals surface area contributed by atoms with Crippen LogP contribution < -0.4 is 0 Å². The molecule has 0 radical (unpaired) electrons. The maximum atomic E-state index is 13.5. The summed E-state index contributed by atoms with van der Waals surface area (Å²) in [5, 5.41) is 4.99. The molecule has 0 saturated carbocycles. The molecule has 0 aliphatic carbocycles. The number of fused-ring (bicyclic) bond motifs is 1. The lowest BCUT2D eigenvalue weighted by atomic mass is 10.2. The van der Waals surface area contributed by atoms with E-state index in [1.165, 1.54) is 17.8 Å². The van der Waals surface area contributed by atoms with Crippen LogP contribution in [0.25, 0.3) is 5.78 Å². The summed E-state index contributed by atoms with van der Waals surface area (Å²) < 4.78 is 15.2. The van der Waals surface area contributed by atoms with Crippen molar-refractivity contribution >= 4 is 17.5 Å². The van der Waals surface area contributed by atoms with Gasteiger partial charge in [0.2, 0.25) is 5.16 Å². The van der Waals surface area contributed by atoms with Crippen molar-refractivity contribution in [3.05, 3.63) is 53.1 Å². The van der Waals surface area contributed by atoms with Gasteiger partial charge in [-0.15, -0.1) is 5.10 Å². The number of aryl methyl sites for hydroxylation is 2. The fourth-order valence-electron chi connectivity index (χ4n) is 1.97. The zero-order valence-electron chi connectivity index (χ0n) is 11.2. The summed E-state index contributed by atoms with van der Waals surface area (Å²) >= 11 is 1.40. The standard InChI is InChI=1S/C14H13FN4S/c1-9-7-10(2)19-13(16-9)17-14(18-19)20-8-11-5-3-4-6-12(11)15/h3-7H,8H2,1-2H3. The number of aromatic nitrogens is 4. The van der Waals surface area contributed by atoms with Crippen molar-refractivity contribution < 1.29 is 4.39 Å². The lowest BCUT2D eigenvalue weighted by Gasteiger charge is -1.99. The molecule has 0 amide bonds. The number of hydrogen-bond donors (Lipinski definition) is 0. The normalized spacial score (nSPS) is 11.2. The Labute approximate surface area is 120 Å². The van der Waals surface area contributed by atoms with Gasteiger partial charge in [0.15, 0.2) is 0 Å². The summed E-state index contributed by atoms with van der Waals surface area (Å²) in [4.78, 5) is 8.69. The third kappa shape index (κ3) is 2.51. The van der Waals surface area contributed by atoms with Crippen molar-refractivity contribution in [2.24, 2.45) is 0 Å². The van der Waals surface area contributed by atoms with E-state index in [9.17, 15) is 4.39 Å². The summed E-state index contributed by atoms with van der Waals surface area (Å²) in [6, 6.07) is 8.69. The van der Waals surface area contributed by atoms with Crippen LogP contribution in [0, 0.1) is 19.7 Å². The second kappa shape index (κ2) is 5.20. The molecule has 0 fully saturated rings. The fourth-order valence-corrected chi connectivity index (χ4v) is 2.77. The number of halogens is 1. The van der Waals surface area contributed by atoms with Crippen LogP contribution in [0.15, 0.2) is 35.5 Å². The molecule has 0 saturated heterocycles. The molecule has 3 rings (SSSR count). The van der Waals surface area contributed by atoms with Gasteiger partial charge in [0.05, 0.1) is 0 Å². The first-order valence-electron chi connectivity index (χ1n) is 6.21. The molecule has 4 nitrogen and oxygen atoms in total. The Hall–Kier alpha value is -1.95. The highest BCUT2D eigenvalue weighted by atomic mass is 32.2. The first-order valence-corrected chi connectivity index (χ1v) is 7.19. The molecule has 0 aliphatic rings. The number of thioether (sulfide) groups is 1. The first kappa shape index (κ1) is 13.1. The Morgan fingerprint density at radius 1 is 1.20 bits per heavy atom. The van der Waals surface area contributed by atoms with Crippen molar-refractivity contribution in [1.29, 1.82) is 0 Å². The number of rotatable bonds is 3. The molecule has 102 valence electrons. The molecule has 0 spiro atoms. The molecule has 20 heavy (non-hydrogen) atoms. The van der Waals surface area contributed by atoms with Gasteiger partial charge in [0.25, 0.3) is 5.78 Å². The second-order valence-corrected chi connectivity index (χ2v) is 5.47. The zero-order chi connectivity index (χ0) is 14.1. The predicted molar refractivity (Wildman–Crippen MR) is 76.2 cm³/mol. The van der Waals surface area contributed by atoms with Gasteiger partial charge in [-0.25, -0.2) is 13.9 Å². The second-order valence-electron chi connectivity index (χ2n) is 4.53. The molecule has 3 aromatic rings. The lowest BCUT2D eigenvalue weighted by molar-refractivity contribution is 0.617. The average Bonchev–Trinajstić information content (AvgIpc) is 2.81. The fraction of sp³-hybridized carbons (Fsp3) is 0.214. The Morgan fingerprint density at radius 3 is 2.80 bits per heavy atom. The van der Waals surface area contributed by atoms with Gasteiger partial charge >= 0.3 is 0 Å². The SMILES string of the molecule is Cc1cc(C)n2nc(SCc3ccccc3F)nc2n1. The van der Waals surface area contributed by atoms with E-state index in [0.29, 0.717) is 22.3 Å². The Bertz CT molecular complexity index is 769. The molecule has 0 atom stereocenters. The van der Waals surface area contributed by atoms with E-state index in [-0.39, 0.29) is 5.82 Å². The first-order chi connectivity index (χ1) is 9.63. The third-order valence-electron chi connectivity index (χ3n) is 2.91. The molecule has 2 heterocycles. The number of nitrogens with zero attached hydrogens (tertiary/aromatic N) is 4. The molecule has 2 aromatic heterocycles. The molecule has 0 bridgehead atoms. The van der Waals surface area contributed by atoms with Crippen molar-refractivity contribution in [2.75, 3.05) is 0 Å². The van der Waals surface area contributed by atoms with Gasteiger partial charge in [-0.1, -0.05) is 30.0 Å². The molecular weight excluding hydrogens is 275 g/mol. The van der Waals surface area contributed by atoms with E-state index >= 15 is 0 Å². The molecular formula is C14H13FN4S.